The van der Waals surface area contributed by atoms with Crippen LogP contribution in [0.2, 0.25) is 0 Å². The highest BCUT2D eigenvalue weighted by molar-refractivity contribution is 5.29. The van der Waals surface area contributed by atoms with Crippen molar-refractivity contribution < 1.29 is 24.9 Å². The first kappa shape index (κ1) is 19.0. The third-order valence-corrected chi connectivity index (χ3v) is 0.797. The van der Waals surface area contributed by atoms with Crippen LogP contribution in [0.5, 0.6) is 0 Å². The molecule has 0 bridgehead atoms. The first-order chi connectivity index (χ1) is 6.74. The zero-order chi connectivity index (χ0) is 11.7. The van der Waals surface area contributed by atoms with Crippen molar-refractivity contribution in [3.63, 3.8) is 0 Å². The fourth-order valence-electron chi connectivity index (χ4n) is 0.391. The Morgan fingerprint density at radius 2 is 1.43 bits per heavy atom. The molecule has 0 amide bonds. The molecule has 0 saturated heterocycles. The van der Waals surface area contributed by atoms with Gasteiger partial charge < -0.3 is 24.9 Å². The smallest absolute Gasteiger partial charge is 0.0662 e. The van der Waals surface area contributed by atoms with E-state index >= 15 is 0 Å². The van der Waals surface area contributed by atoms with E-state index in [2.05, 4.69) is 13.8 Å². The van der Waals surface area contributed by atoms with Crippen molar-refractivity contribution in [2.24, 2.45) is 0 Å². The number of carboxylic acid groups (broad SMARTS) is 1. The van der Waals surface area contributed by atoms with Crippen molar-refractivity contribution in [2.75, 3.05) is 26.4 Å². The van der Waals surface area contributed by atoms with Gasteiger partial charge in [-0.3, -0.25) is 0 Å². The van der Waals surface area contributed by atoms with Gasteiger partial charge in [-0.25, -0.2) is 0 Å². The third kappa shape index (κ3) is 64.3. The zero-order valence-corrected chi connectivity index (χ0v) is 8.94. The molecule has 0 fully saturated rings. The van der Waals surface area contributed by atoms with E-state index in [1.54, 1.807) is 0 Å². The molecule has 0 aromatic carbocycles. The average Bonchev–Trinajstić information content (AvgIpc) is 2.20. The summed E-state index contributed by atoms with van der Waals surface area (Å²) >= 11 is 0. The summed E-state index contributed by atoms with van der Waals surface area (Å²) in [7, 11) is 0. The Balaban J connectivity index is -0.000000147. The lowest BCUT2D eigenvalue weighted by atomic mass is 10.5. The molecule has 0 aromatic heterocycles. The molecular weight excluding hydrogens is 188 g/mol. The van der Waals surface area contributed by atoms with Gasteiger partial charge in [-0.05, 0) is 12.8 Å². The number of rotatable bonds is 5. The zero-order valence-electron chi connectivity index (χ0n) is 8.94. The molecule has 0 saturated carbocycles. The van der Waals surface area contributed by atoms with E-state index in [9.17, 15) is 0 Å². The maximum atomic E-state index is 8.25. The van der Waals surface area contributed by atoms with Crippen molar-refractivity contribution in [1.29, 1.82) is 0 Å². The van der Waals surface area contributed by atoms with Gasteiger partial charge in [-0.1, -0.05) is 13.8 Å². The molecule has 0 atom stereocenters. The number of carbonyl (C=O) groups excluding carboxylic acids is 1. The molecule has 5 heteroatoms. The Morgan fingerprint density at radius 1 is 1.14 bits per heavy atom. The van der Waals surface area contributed by atoms with Crippen molar-refractivity contribution in [3.8, 4) is 0 Å². The van der Waals surface area contributed by atoms with E-state index in [1.165, 1.54) is 0 Å². The highest BCUT2D eigenvalue weighted by atomic mass is 16.5. The number of aliphatic hydroxyl groups is 2. The van der Waals surface area contributed by atoms with E-state index in [0.29, 0.717) is 0 Å². The van der Waals surface area contributed by atoms with E-state index in [1.807, 2.05) is 0 Å². The topological polar surface area (TPSA) is 89.8 Å². The monoisotopic (exact) mass is 209 g/mol. The van der Waals surface area contributed by atoms with Gasteiger partial charge in [0.15, 0.2) is 0 Å². The summed E-state index contributed by atoms with van der Waals surface area (Å²) in [6.45, 7) is 5.34. The summed E-state index contributed by atoms with van der Waals surface area (Å²) in [5.74, 6) is 0. The number of hydrogen-bond donors (Lipinski definition) is 2. The minimum Gasteiger partial charge on any atom is -0.554 e. The molecule has 0 heterocycles. The highest BCUT2D eigenvalue weighted by Gasteiger charge is 1.77. The van der Waals surface area contributed by atoms with Gasteiger partial charge in [0.2, 0.25) is 0 Å². The lowest BCUT2D eigenvalue weighted by Gasteiger charge is -1.95. The summed E-state index contributed by atoms with van der Waals surface area (Å²) in [5, 5.41) is 23.5. The second-order valence-corrected chi connectivity index (χ2v) is 2.16. The van der Waals surface area contributed by atoms with Crippen LogP contribution >= 0.6 is 0 Å². The summed E-state index contributed by atoms with van der Waals surface area (Å²) < 4.78 is 5.13. The number of hydrogen-bond acceptors (Lipinski definition) is 5. The van der Waals surface area contributed by atoms with Crippen LogP contribution < -0.4 is 5.11 Å². The highest BCUT2D eigenvalue weighted by Crippen LogP contribution is 1.81. The molecule has 14 heavy (non-hydrogen) atoms. The average molecular weight is 209 g/mol. The van der Waals surface area contributed by atoms with Gasteiger partial charge >= 0.3 is 0 Å². The van der Waals surface area contributed by atoms with Crippen molar-refractivity contribution in [1.82, 2.24) is 0 Å². The minimum atomic E-state index is -0.500. The second kappa shape index (κ2) is 29.4. The molecule has 0 spiro atoms. The Bertz CT molecular complexity index is 71.6. The molecule has 0 aliphatic heterocycles. The maximum absolute atomic E-state index is 8.25. The maximum Gasteiger partial charge on any atom is 0.0662 e. The molecule has 0 rings (SSSR count). The molecule has 0 aliphatic carbocycles. The summed E-state index contributed by atoms with van der Waals surface area (Å²) in [6.07, 6.45) is 2.28. The third-order valence-electron chi connectivity index (χ3n) is 0.797. The first-order valence-electron chi connectivity index (χ1n) is 4.60. The number of aliphatic hydroxyl groups excluding tert-OH is 2. The molecule has 0 aliphatic rings. The second-order valence-electron chi connectivity index (χ2n) is 2.16. The van der Waals surface area contributed by atoms with E-state index in [-0.39, 0.29) is 13.2 Å². The van der Waals surface area contributed by atoms with Gasteiger partial charge in [0.05, 0.1) is 13.2 Å². The molecule has 0 radical (unpaired) electrons. The van der Waals surface area contributed by atoms with Crippen LogP contribution in [-0.2, 0) is 9.53 Å². The fourth-order valence-corrected chi connectivity index (χ4v) is 0.391. The van der Waals surface area contributed by atoms with Gasteiger partial charge in [0.25, 0.3) is 0 Å². The predicted octanol–water partition coefficient (Wildman–Crippen LogP) is -0.840. The summed E-state index contributed by atoms with van der Waals surface area (Å²) in [4.78, 5) is 8.25. The molecule has 0 aromatic rings. The van der Waals surface area contributed by atoms with Crippen LogP contribution in [0.25, 0.3) is 0 Å². The Morgan fingerprint density at radius 3 is 1.57 bits per heavy atom. The summed E-state index contributed by atoms with van der Waals surface area (Å²) in [5.41, 5.74) is 0. The van der Waals surface area contributed by atoms with Gasteiger partial charge in [0, 0.05) is 19.7 Å². The van der Waals surface area contributed by atoms with Crippen molar-refractivity contribution >= 4 is 6.47 Å². The normalized spacial score (nSPS) is 7.71. The predicted molar refractivity (Wildman–Crippen MR) is 51.6 cm³/mol. The lowest BCUT2D eigenvalue weighted by molar-refractivity contribution is -0.283. The number of carbonyl (C=O) groups is 1. The quantitative estimate of drug-likeness (QED) is 0.455. The first-order valence-corrected chi connectivity index (χ1v) is 4.60. The van der Waals surface area contributed by atoms with Gasteiger partial charge in [0.1, 0.15) is 0 Å². The Kier molecular flexibility index (Phi) is 40.0. The number of ether oxygens (including phenoxy) is 1. The standard InChI is InChI=1S/C6H14O.C2H6O2.CH2O2/c1-3-5-7-6-4-2;3-1-2-4;2-1-3/h3-6H2,1-2H3;3-4H,1-2H2;1H,(H,2,3)/p-1. The SMILES string of the molecule is CCCOCCC.O=C[O-].OCCO. The van der Waals surface area contributed by atoms with Crippen LogP contribution in [0.3, 0.4) is 0 Å². The largest absolute Gasteiger partial charge is 0.554 e. The van der Waals surface area contributed by atoms with Crippen LogP contribution in [0, 0.1) is 0 Å². The van der Waals surface area contributed by atoms with Crippen molar-refractivity contribution in [3.05, 3.63) is 0 Å². The molecule has 5 nitrogen and oxygen atoms in total. The minimum absolute atomic E-state index is 0.125. The van der Waals surface area contributed by atoms with Gasteiger partial charge in [-0.15, -0.1) is 0 Å². The van der Waals surface area contributed by atoms with Crippen LogP contribution in [0.15, 0.2) is 0 Å². The van der Waals surface area contributed by atoms with E-state index in [0.717, 1.165) is 26.1 Å². The Hall–Kier alpha value is -0.650. The summed E-state index contributed by atoms with van der Waals surface area (Å²) in [6, 6.07) is 0. The van der Waals surface area contributed by atoms with Crippen LogP contribution in [0.1, 0.15) is 26.7 Å². The van der Waals surface area contributed by atoms with E-state index in [4.69, 9.17) is 24.9 Å². The Labute approximate surface area is 85.3 Å². The van der Waals surface area contributed by atoms with Crippen molar-refractivity contribution in [2.45, 2.75) is 26.7 Å². The van der Waals surface area contributed by atoms with E-state index < -0.39 is 6.47 Å². The van der Waals surface area contributed by atoms with Crippen LogP contribution in [0.4, 0.5) is 0 Å². The fraction of sp³-hybridized carbons (Fsp3) is 0.889. The molecule has 2 N–H and O–H groups in total. The molecule has 0 unspecified atom stereocenters. The molecular formula is C9H21O5-. The van der Waals surface area contributed by atoms with Crippen LogP contribution in [-0.4, -0.2) is 43.1 Å². The molecule has 88 valence electrons. The van der Waals surface area contributed by atoms with Gasteiger partial charge in [-0.2, -0.15) is 0 Å². The lowest BCUT2D eigenvalue weighted by Crippen LogP contribution is -2.01.